The van der Waals surface area contributed by atoms with E-state index in [0.717, 1.165) is 5.56 Å². The van der Waals surface area contributed by atoms with Gasteiger partial charge in [-0.15, -0.1) is 0 Å². The van der Waals surface area contributed by atoms with Crippen LogP contribution in [0.15, 0.2) is 42.6 Å². The summed E-state index contributed by atoms with van der Waals surface area (Å²) in [5, 5.41) is 8.57. The molecule has 1 aromatic heterocycles. The van der Waals surface area contributed by atoms with Crippen LogP contribution in [0, 0.1) is 17.1 Å². The number of nitrogens with zero attached hydrogens (tertiary/aromatic N) is 2. The smallest absolute Gasteiger partial charge is 0.131 e. The molecular formula is C13H9FN2. The molecule has 0 amide bonds. The van der Waals surface area contributed by atoms with E-state index in [1.807, 2.05) is 6.07 Å². The minimum absolute atomic E-state index is 0.238. The fourth-order valence-corrected chi connectivity index (χ4v) is 1.52. The van der Waals surface area contributed by atoms with E-state index in [4.69, 9.17) is 5.26 Å². The van der Waals surface area contributed by atoms with Crippen LogP contribution in [0.3, 0.4) is 0 Å². The molecule has 1 heterocycles. The fourth-order valence-electron chi connectivity index (χ4n) is 1.52. The Morgan fingerprint density at radius 2 is 2.06 bits per heavy atom. The zero-order chi connectivity index (χ0) is 11.4. The van der Waals surface area contributed by atoms with Crippen molar-refractivity contribution in [3.05, 3.63) is 54.1 Å². The number of hydrogen-bond acceptors (Lipinski definition) is 2. The van der Waals surface area contributed by atoms with Crippen molar-refractivity contribution in [2.45, 2.75) is 6.42 Å². The normalized spacial score (nSPS) is 9.75. The van der Waals surface area contributed by atoms with Gasteiger partial charge in [0.25, 0.3) is 0 Å². The first kappa shape index (κ1) is 10.3. The van der Waals surface area contributed by atoms with Gasteiger partial charge in [-0.1, -0.05) is 18.2 Å². The highest BCUT2D eigenvalue weighted by molar-refractivity contribution is 5.64. The van der Waals surface area contributed by atoms with E-state index in [0.29, 0.717) is 11.3 Å². The van der Waals surface area contributed by atoms with E-state index in [-0.39, 0.29) is 12.2 Å². The molecule has 2 rings (SSSR count). The third-order valence-corrected chi connectivity index (χ3v) is 2.26. The summed E-state index contributed by atoms with van der Waals surface area (Å²) in [5.74, 6) is -0.267. The molecule has 0 aliphatic rings. The maximum atomic E-state index is 13.5. The van der Waals surface area contributed by atoms with Crippen molar-refractivity contribution < 1.29 is 4.39 Å². The SMILES string of the molecule is N#CCc1cc(-c2ccccc2F)ccn1. The van der Waals surface area contributed by atoms with Gasteiger partial charge < -0.3 is 0 Å². The van der Waals surface area contributed by atoms with Gasteiger partial charge in [-0.05, 0) is 23.8 Å². The molecule has 0 saturated carbocycles. The van der Waals surface area contributed by atoms with E-state index >= 15 is 0 Å². The Morgan fingerprint density at radius 1 is 1.25 bits per heavy atom. The van der Waals surface area contributed by atoms with Crippen LogP contribution < -0.4 is 0 Å². The van der Waals surface area contributed by atoms with Gasteiger partial charge in [0, 0.05) is 11.8 Å². The Kier molecular flexibility index (Phi) is 2.93. The Balaban J connectivity index is 2.45. The minimum Gasteiger partial charge on any atom is -0.260 e. The molecule has 3 heteroatoms. The quantitative estimate of drug-likeness (QED) is 0.767. The van der Waals surface area contributed by atoms with Crippen molar-refractivity contribution in [3.63, 3.8) is 0 Å². The van der Waals surface area contributed by atoms with Crippen LogP contribution in [0.5, 0.6) is 0 Å². The van der Waals surface area contributed by atoms with Crippen LogP contribution in [0.2, 0.25) is 0 Å². The lowest BCUT2D eigenvalue weighted by Gasteiger charge is -2.03. The Bertz CT molecular complexity index is 544. The third-order valence-electron chi connectivity index (χ3n) is 2.26. The Labute approximate surface area is 93.0 Å². The zero-order valence-corrected chi connectivity index (χ0v) is 8.52. The fraction of sp³-hybridized carbons (Fsp3) is 0.0769. The van der Waals surface area contributed by atoms with Gasteiger partial charge in [0.05, 0.1) is 18.2 Å². The predicted molar refractivity (Wildman–Crippen MR) is 58.9 cm³/mol. The number of benzene rings is 1. The first-order valence-corrected chi connectivity index (χ1v) is 4.88. The maximum Gasteiger partial charge on any atom is 0.131 e. The standard InChI is InChI=1S/C13H9FN2/c14-13-4-2-1-3-12(13)10-6-8-16-11(9-10)5-7-15/h1-4,6,8-9H,5H2. The predicted octanol–water partition coefficient (Wildman–Crippen LogP) is 2.95. The summed E-state index contributed by atoms with van der Waals surface area (Å²) in [4.78, 5) is 4.04. The van der Waals surface area contributed by atoms with Gasteiger partial charge in [0.1, 0.15) is 5.82 Å². The zero-order valence-electron chi connectivity index (χ0n) is 8.52. The third kappa shape index (κ3) is 2.06. The highest BCUT2D eigenvalue weighted by Crippen LogP contribution is 2.22. The second-order valence-electron chi connectivity index (χ2n) is 3.35. The molecule has 2 nitrogen and oxygen atoms in total. The summed E-state index contributed by atoms with van der Waals surface area (Å²) in [6.45, 7) is 0. The number of nitriles is 1. The molecule has 0 radical (unpaired) electrons. The van der Waals surface area contributed by atoms with Gasteiger partial charge in [-0.2, -0.15) is 5.26 Å². The van der Waals surface area contributed by atoms with E-state index in [1.54, 1.807) is 36.5 Å². The second kappa shape index (κ2) is 4.54. The Hall–Kier alpha value is -2.21. The van der Waals surface area contributed by atoms with Crippen LogP contribution in [0.4, 0.5) is 4.39 Å². The molecule has 0 spiro atoms. The number of aromatic nitrogens is 1. The summed E-state index contributed by atoms with van der Waals surface area (Å²) in [5.41, 5.74) is 1.94. The summed E-state index contributed by atoms with van der Waals surface area (Å²) in [7, 11) is 0. The monoisotopic (exact) mass is 212 g/mol. The van der Waals surface area contributed by atoms with E-state index < -0.39 is 0 Å². The molecular weight excluding hydrogens is 203 g/mol. The molecule has 0 saturated heterocycles. The molecule has 1 aromatic carbocycles. The van der Waals surface area contributed by atoms with Crippen molar-refractivity contribution in [3.8, 4) is 17.2 Å². The largest absolute Gasteiger partial charge is 0.260 e. The van der Waals surface area contributed by atoms with Crippen LogP contribution in [-0.2, 0) is 6.42 Å². The van der Waals surface area contributed by atoms with E-state index in [2.05, 4.69) is 4.98 Å². The van der Waals surface area contributed by atoms with Crippen LogP contribution >= 0.6 is 0 Å². The first-order valence-electron chi connectivity index (χ1n) is 4.88. The minimum atomic E-state index is -0.267. The lowest BCUT2D eigenvalue weighted by atomic mass is 10.1. The van der Waals surface area contributed by atoms with Crippen LogP contribution in [-0.4, -0.2) is 4.98 Å². The van der Waals surface area contributed by atoms with Gasteiger partial charge >= 0.3 is 0 Å². The van der Waals surface area contributed by atoms with Gasteiger partial charge in [0.2, 0.25) is 0 Å². The topological polar surface area (TPSA) is 36.7 Å². The first-order chi connectivity index (χ1) is 7.81. The molecule has 0 aliphatic carbocycles. The lowest BCUT2D eigenvalue weighted by molar-refractivity contribution is 0.631. The Morgan fingerprint density at radius 3 is 2.81 bits per heavy atom. The average Bonchev–Trinajstić information content (AvgIpc) is 2.30. The summed E-state index contributed by atoms with van der Waals surface area (Å²) in [6, 6.07) is 12.0. The van der Waals surface area contributed by atoms with Crippen LogP contribution in [0.25, 0.3) is 11.1 Å². The van der Waals surface area contributed by atoms with Crippen molar-refractivity contribution in [2.75, 3.05) is 0 Å². The molecule has 2 aromatic rings. The molecule has 0 atom stereocenters. The van der Waals surface area contributed by atoms with E-state index in [9.17, 15) is 4.39 Å². The maximum absolute atomic E-state index is 13.5. The lowest BCUT2D eigenvalue weighted by Crippen LogP contribution is -1.90. The second-order valence-corrected chi connectivity index (χ2v) is 3.35. The number of pyridine rings is 1. The summed E-state index contributed by atoms with van der Waals surface area (Å²) < 4.78 is 13.5. The van der Waals surface area contributed by atoms with Crippen molar-refractivity contribution in [1.82, 2.24) is 4.98 Å². The molecule has 0 N–H and O–H groups in total. The van der Waals surface area contributed by atoms with Crippen molar-refractivity contribution in [2.24, 2.45) is 0 Å². The summed E-state index contributed by atoms with van der Waals surface area (Å²) in [6.07, 6.45) is 1.83. The number of hydrogen-bond donors (Lipinski definition) is 0. The summed E-state index contributed by atoms with van der Waals surface area (Å²) >= 11 is 0. The van der Waals surface area contributed by atoms with Crippen molar-refractivity contribution >= 4 is 0 Å². The molecule has 0 unspecified atom stereocenters. The highest BCUT2D eigenvalue weighted by atomic mass is 19.1. The average molecular weight is 212 g/mol. The van der Waals surface area contributed by atoms with E-state index in [1.165, 1.54) is 6.07 Å². The van der Waals surface area contributed by atoms with Gasteiger partial charge in [0.15, 0.2) is 0 Å². The highest BCUT2D eigenvalue weighted by Gasteiger charge is 2.04. The molecule has 0 fully saturated rings. The molecule has 0 aliphatic heterocycles. The molecule has 16 heavy (non-hydrogen) atoms. The number of halogens is 1. The molecule has 0 bridgehead atoms. The van der Waals surface area contributed by atoms with Gasteiger partial charge in [-0.25, -0.2) is 4.39 Å². The van der Waals surface area contributed by atoms with Crippen LogP contribution in [0.1, 0.15) is 5.69 Å². The number of rotatable bonds is 2. The van der Waals surface area contributed by atoms with Crippen molar-refractivity contribution in [1.29, 1.82) is 5.26 Å². The van der Waals surface area contributed by atoms with Gasteiger partial charge in [-0.3, -0.25) is 4.98 Å². The molecule has 78 valence electrons.